The summed E-state index contributed by atoms with van der Waals surface area (Å²) in [7, 11) is 0. The van der Waals surface area contributed by atoms with Gasteiger partial charge in [-0.1, -0.05) is 25.1 Å². The van der Waals surface area contributed by atoms with Crippen LogP contribution in [0.5, 0.6) is 11.5 Å². The molecule has 2 saturated carbocycles. The van der Waals surface area contributed by atoms with E-state index in [1.807, 2.05) is 18.2 Å². The van der Waals surface area contributed by atoms with Crippen molar-refractivity contribution < 1.29 is 38.2 Å². The maximum Gasteiger partial charge on any atom is 0.273 e. The summed E-state index contributed by atoms with van der Waals surface area (Å²) in [6.07, 6.45) is 2.24. The van der Waals surface area contributed by atoms with Crippen LogP contribution < -0.4 is 20.1 Å². The van der Waals surface area contributed by atoms with Gasteiger partial charge < -0.3 is 39.2 Å². The lowest BCUT2D eigenvalue weighted by Gasteiger charge is -2.63. The number of amides is 2. The molecule has 3 fully saturated rings. The van der Waals surface area contributed by atoms with Gasteiger partial charge in [-0.15, -0.1) is 0 Å². The van der Waals surface area contributed by atoms with Gasteiger partial charge in [-0.2, -0.15) is 0 Å². The summed E-state index contributed by atoms with van der Waals surface area (Å²) >= 11 is 0. The van der Waals surface area contributed by atoms with Crippen molar-refractivity contribution in [2.75, 3.05) is 19.9 Å². The van der Waals surface area contributed by atoms with Crippen molar-refractivity contribution in [3.8, 4) is 11.5 Å². The Balaban J connectivity index is 1.07. The van der Waals surface area contributed by atoms with Crippen molar-refractivity contribution in [2.45, 2.75) is 77.9 Å². The number of aryl methyl sites for hydroxylation is 1. The third-order valence-corrected chi connectivity index (χ3v) is 9.85. The highest BCUT2D eigenvalue weighted by atomic mass is 16.7. The number of carbonyl (C=O) groups is 2. The van der Waals surface area contributed by atoms with Gasteiger partial charge in [0.2, 0.25) is 12.7 Å². The minimum atomic E-state index is -0.554. The number of aromatic nitrogens is 1. The van der Waals surface area contributed by atoms with Crippen LogP contribution in [0.3, 0.4) is 0 Å². The number of fused-ring (bicyclic) bond motifs is 4. The van der Waals surface area contributed by atoms with Gasteiger partial charge in [-0.25, -0.2) is 0 Å². The second-order valence-corrected chi connectivity index (χ2v) is 12.4. The lowest BCUT2D eigenvalue weighted by Crippen LogP contribution is -2.63. The summed E-state index contributed by atoms with van der Waals surface area (Å²) in [6, 6.07) is 7.24. The smallest absolute Gasteiger partial charge is 0.273 e. The van der Waals surface area contributed by atoms with Gasteiger partial charge in [0.05, 0.1) is 25.4 Å². The summed E-state index contributed by atoms with van der Waals surface area (Å²) in [4.78, 5) is 25.5. The van der Waals surface area contributed by atoms with E-state index in [1.165, 1.54) is 0 Å². The molecule has 7 atom stereocenters. The van der Waals surface area contributed by atoms with Crippen LogP contribution in [-0.2, 0) is 20.8 Å². The van der Waals surface area contributed by atoms with Crippen molar-refractivity contribution in [3.05, 3.63) is 41.3 Å². The molecule has 222 valence electrons. The van der Waals surface area contributed by atoms with Gasteiger partial charge in [0.25, 0.3) is 5.91 Å². The molecule has 0 spiro atoms. The number of carbonyl (C=O) groups excluding carboxylic acids is 2. The van der Waals surface area contributed by atoms with Gasteiger partial charge >= 0.3 is 0 Å². The summed E-state index contributed by atoms with van der Waals surface area (Å²) in [5.74, 6) is 1.61. The van der Waals surface area contributed by atoms with Crippen LogP contribution in [0, 0.1) is 29.6 Å². The largest absolute Gasteiger partial charge is 0.454 e. The molecule has 0 bridgehead atoms. The summed E-state index contributed by atoms with van der Waals surface area (Å²) in [6.45, 7) is 7.46. The lowest BCUT2D eigenvalue weighted by molar-refractivity contribution is -0.306. The van der Waals surface area contributed by atoms with Crippen LogP contribution in [0.4, 0.5) is 0 Å². The predicted molar refractivity (Wildman–Crippen MR) is 145 cm³/mol. The lowest BCUT2D eigenvalue weighted by atomic mass is 9.46. The van der Waals surface area contributed by atoms with Crippen LogP contribution >= 0.6 is 0 Å². The van der Waals surface area contributed by atoms with Gasteiger partial charge in [0.15, 0.2) is 23.5 Å². The highest BCUT2D eigenvalue weighted by Gasteiger charge is 2.61. The molecule has 1 aromatic carbocycles. The molecular weight excluding hydrogens is 530 g/mol. The Hall–Kier alpha value is -3.15. The molecule has 0 radical (unpaired) electrons. The first-order valence-electron chi connectivity index (χ1n) is 14.5. The number of benzene rings is 1. The first-order valence-corrected chi connectivity index (χ1v) is 14.5. The fraction of sp³-hybridized carbons (Fsp3) is 0.633. The first kappa shape index (κ1) is 28.0. The van der Waals surface area contributed by atoms with Gasteiger partial charge in [-0.3, -0.25) is 9.59 Å². The zero-order valence-electron chi connectivity index (χ0n) is 23.8. The predicted octanol–water partition coefficient (Wildman–Crippen LogP) is 3.08. The Bertz CT molecular complexity index is 1300. The number of nitrogens with one attached hydrogen (secondary N) is 2. The Kier molecular flexibility index (Phi) is 7.46. The number of hydrogen-bond acceptors (Lipinski definition) is 9. The molecule has 4 aliphatic rings. The fourth-order valence-electron chi connectivity index (χ4n) is 7.66. The highest BCUT2D eigenvalue weighted by Crippen LogP contribution is 2.62. The summed E-state index contributed by atoms with van der Waals surface area (Å²) in [5.41, 5.74) is 0.654. The SMILES string of the molecule is Cc1cc(C(=O)NCC2OCC3(C)C(CCC4(C)C(CC(=O)NCc5ccc6c(c5)OCO6)C(O)CCC34)O2)no1. The van der Waals surface area contributed by atoms with Crippen molar-refractivity contribution in [2.24, 2.45) is 22.7 Å². The highest BCUT2D eigenvalue weighted by molar-refractivity contribution is 5.92. The Morgan fingerprint density at radius 1 is 1.07 bits per heavy atom. The Morgan fingerprint density at radius 3 is 2.71 bits per heavy atom. The second-order valence-electron chi connectivity index (χ2n) is 12.4. The molecule has 1 aromatic heterocycles. The van der Waals surface area contributed by atoms with E-state index < -0.39 is 12.4 Å². The van der Waals surface area contributed by atoms with Crippen molar-refractivity contribution in [1.29, 1.82) is 0 Å². The van der Waals surface area contributed by atoms with Crippen LogP contribution in [-0.4, -0.2) is 60.5 Å². The first-order chi connectivity index (χ1) is 19.7. The number of aliphatic hydroxyl groups is 1. The van der Waals surface area contributed by atoms with E-state index in [0.717, 1.165) is 24.8 Å². The van der Waals surface area contributed by atoms with E-state index in [2.05, 4.69) is 29.6 Å². The second kappa shape index (κ2) is 10.9. The molecule has 3 heterocycles. The normalized spacial score (nSPS) is 33.9. The van der Waals surface area contributed by atoms with Crippen LogP contribution in [0.1, 0.15) is 67.8 Å². The molecule has 6 rings (SSSR count). The molecular formula is C30H39N3O8. The van der Waals surface area contributed by atoms with Gasteiger partial charge in [0.1, 0.15) is 5.76 Å². The molecule has 11 nitrogen and oxygen atoms in total. The van der Waals surface area contributed by atoms with Crippen LogP contribution in [0.25, 0.3) is 0 Å². The third kappa shape index (κ3) is 5.30. The zero-order chi connectivity index (χ0) is 28.8. The minimum Gasteiger partial charge on any atom is -0.454 e. The van der Waals surface area contributed by atoms with E-state index in [4.69, 9.17) is 23.5 Å². The Labute approximate surface area is 239 Å². The third-order valence-electron chi connectivity index (χ3n) is 9.85. The molecule has 2 amide bonds. The number of rotatable bonds is 7. The van der Waals surface area contributed by atoms with E-state index in [-0.39, 0.29) is 66.0 Å². The monoisotopic (exact) mass is 569 g/mol. The average molecular weight is 570 g/mol. The van der Waals surface area contributed by atoms with E-state index >= 15 is 0 Å². The molecule has 2 aliphatic heterocycles. The van der Waals surface area contributed by atoms with Crippen molar-refractivity contribution in [1.82, 2.24) is 15.8 Å². The fourth-order valence-corrected chi connectivity index (χ4v) is 7.66. The molecule has 7 unspecified atom stereocenters. The molecule has 3 N–H and O–H groups in total. The molecule has 11 heteroatoms. The van der Waals surface area contributed by atoms with E-state index in [0.29, 0.717) is 36.8 Å². The zero-order valence-corrected chi connectivity index (χ0v) is 23.8. The molecule has 1 saturated heterocycles. The van der Waals surface area contributed by atoms with Crippen molar-refractivity contribution in [3.63, 3.8) is 0 Å². The number of aliphatic hydroxyl groups excluding tert-OH is 1. The van der Waals surface area contributed by atoms with Gasteiger partial charge in [0, 0.05) is 24.4 Å². The molecule has 2 aliphatic carbocycles. The quantitative estimate of drug-likeness (QED) is 0.459. The van der Waals surface area contributed by atoms with Crippen LogP contribution in [0.15, 0.2) is 28.8 Å². The topological polar surface area (TPSA) is 141 Å². The van der Waals surface area contributed by atoms with Crippen LogP contribution in [0.2, 0.25) is 0 Å². The maximum absolute atomic E-state index is 13.1. The minimum absolute atomic E-state index is 0.0405. The molecule has 41 heavy (non-hydrogen) atoms. The maximum atomic E-state index is 13.1. The number of ether oxygens (including phenoxy) is 4. The number of hydrogen-bond donors (Lipinski definition) is 3. The molecule has 2 aromatic rings. The summed E-state index contributed by atoms with van der Waals surface area (Å²) in [5, 5.41) is 20.7. The summed E-state index contributed by atoms with van der Waals surface area (Å²) < 4.78 is 28.4. The standard InChI is InChI=1S/C30H39N3O8/c1-17-10-20(33-41-17)28(36)32-14-27-37-15-30(3)24-7-5-21(34)19(29(24,2)9-8-25(30)40-27)12-26(35)31-13-18-4-6-22-23(11-18)39-16-38-22/h4,6,10-11,19,21,24-25,27,34H,5,7-9,12-16H2,1-3H3,(H,31,35)(H,32,36). The Morgan fingerprint density at radius 2 is 1.90 bits per heavy atom. The van der Waals surface area contributed by atoms with Crippen molar-refractivity contribution >= 4 is 11.8 Å². The number of nitrogens with zero attached hydrogens (tertiary/aromatic N) is 1. The van der Waals surface area contributed by atoms with Gasteiger partial charge in [-0.05, 0) is 67.6 Å². The van der Waals surface area contributed by atoms with E-state index in [1.54, 1.807) is 13.0 Å². The average Bonchev–Trinajstić information content (AvgIpc) is 3.61. The van der Waals surface area contributed by atoms with E-state index in [9.17, 15) is 14.7 Å².